The number of halogens is 1. The molecule has 2 fully saturated rings. The molecule has 2 rings (SSSR count). The average Bonchev–Trinajstić information content (AvgIpc) is 2.39. The minimum Gasteiger partial charge on any atom is -0.381 e. The molecule has 1 nitrogen and oxygen atoms in total. The van der Waals surface area contributed by atoms with Gasteiger partial charge in [0.1, 0.15) is 0 Å². The summed E-state index contributed by atoms with van der Waals surface area (Å²) in [6.07, 6.45) is 9.72. The third kappa shape index (κ3) is 4.20. The average molecular weight is 331 g/mol. The van der Waals surface area contributed by atoms with E-state index in [1.54, 1.807) is 0 Å². The molecule has 0 bridgehead atoms. The van der Waals surface area contributed by atoms with Crippen molar-refractivity contribution >= 4 is 15.9 Å². The summed E-state index contributed by atoms with van der Waals surface area (Å²) >= 11 is 3.83. The Morgan fingerprint density at radius 3 is 2.11 bits per heavy atom. The van der Waals surface area contributed by atoms with Crippen molar-refractivity contribution in [1.29, 1.82) is 0 Å². The van der Waals surface area contributed by atoms with Crippen LogP contribution in [0.1, 0.15) is 65.7 Å². The monoisotopic (exact) mass is 330 g/mol. The van der Waals surface area contributed by atoms with Crippen molar-refractivity contribution in [2.75, 3.05) is 18.5 Å². The van der Waals surface area contributed by atoms with Crippen molar-refractivity contribution in [2.24, 2.45) is 22.7 Å². The molecule has 0 aromatic rings. The first-order valence-corrected chi connectivity index (χ1v) is 9.21. The Bertz CT molecular complexity index is 267. The Hall–Kier alpha value is 0.440. The Morgan fingerprint density at radius 1 is 1.05 bits per heavy atom. The van der Waals surface area contributed by atoms with Crippen LogP contribution in [-0.4, -0.2) is 18.5 Å². The molecule has 0 amide bonds. The van der Waals surface area contributed by atoms with Gasteiger partial charge in [-0.15, -0.1) is 0 Å². The van der Waals surface area contributed by atoms with E-state index < -0.39 is 0 Å². The van der Waals surface area contributed by atoms with E-state index >= 15 is 0 Å². The summed E-state index contributed by atoms with van der Waals surface area (Å²) in [5, 5.41) is 1.20. The van der Waals surface area contributed by atoms with Crippen molar-refractivity contribution in [3.63, 3.8) is 0 Å². The molecule has 0 unspecified atom stereocenters. The summed E-state index contributed by atoms with van der Waals surface area (Å²) in [6.45, 7) is 9.23. The largest absolute Gasteiger partial charge is 0.381 e. The SMILES string of the molecule is CC(C)(C)C1CCC(CBr)(CC2CCOCC2)CC1. The van der Waals surface area contributed by atoms with E-state index in [4.69, 9.17) is 4.74 Å². The number of hydrogen-bond acceptors (Lipinski definition) is 1. The highest BCUT2D eigenvalue weighted by Gasteiger charge is 2.39. The van der Waals surface area contributed by atoms with Gasteiger partial charge in [0.2, 0.25) is 0 Å². The summed E-state index contributed by atoms with van der Waals surface area (Å²) in [5.74, 6) is 1.84. The molecule has 0 N–H and O–H groups in total. The van der Waals surface area contributed by atoms with Crippen LogP contribution < -0.4 is 0 Å². The summed E-state index contributed by atoms with van der Waals surface area (Å²) in [5.41, 5.74) is 1.08. The highest BCUT2D eigenvalue weighted by atomic mass is 79.9. The second-order valence-corrected chi connectivity index (χ2v) is 8.59. The number of rotatable bonds is 3. The fraction of sp³-hybridized carbons (Fsp3) is 1.00. The first-order chi connectivity index (χ1) is 8.95. The van der Waals surface area contributed by atoms with Crippen LogP contribution in [0.15, 0.2) is 0 Å². The second kappa shape index (κ2) is 6.47. The van der Waals surface area contributed by atoms with Crippen LogP contribution in [0.2, 0.25) is 0 Å². The molecular formula is C17H31BrO. The van der Waals surface area contributed by atoms with Gasteiger partial charge >= 0.3 is 0 Å². The van der Waals surface area contributed by atoms with Crippen LogP contribution in [-0.2, 0) is 4.74 Å². The minimum atomic E-state index is 0.497. The first kappa shape index (κ1) is 15.8. The lowest BCUT2D eigenvalue weighted by Gasteiger charge is -2.45. The van der Waals surface area contributed by atoms with Crippen molar-refractivity contribution in [2.45, 2.75) is 65.7 Å². The molecule has 1 aliphatic heterocycles. The van der Waals surface area contributed by atoms with Crippen LogP contribution in [0.3, 0.4) is 0 Å². The third-order valence-corrected chi connectivity index (χ3v) is 6.81. The van der Waals surface area contributed by atoms with E-state index in [0.717, 1.165) is 25.0 Å². The number of hydrogen-bond donors (Lipinski definition) is 0. The Morgan fingerprint density at radius 2 is 1.63 bits per heavy atom. The lowest BCUT2D eigenvalue weighted by Crippen LogP contribution is -2.36. The molecule has 0 spiro atoms. The quantitative estimate of drug-likeness (QED) is 0.627. The summed E-state index contributed by atoms with van der Waals surface area (Å²) in [4.78, 5) is 0. The maximum Gasteiger partial charge on any atom is 0.0468 e. The van der Waals surface area contributed by atoms with Crippen molar-refractivity contribution in [3.05, 3.63) is 0 Å². The zero-order valence-corrected chi connectivity index (χ0v) is 14.6. The standard InChI is InChI=1S/C17H31BrO/c1-16(2,3)15-4-8-17(13-18,9-5-15)12-14-6-10-19-11-7-14/h14-15H,4-13H2,1-3H3. The van der Waals surface area contributed by atoms with Gasteiger partial charge in [-0.3, -0.25) is 0 Å². The molecule has 0 radical (unpaired) electrons. The van der Waals surface area contributed by atoms with Crippen LogP contribution in [0, 0.1) is 22.7 Å². The predicted molar refractivity (Wildman–Crippen MR) is 85.8 cm³/mol. The number of ether oxygens (including phenoxy) is 1. The van der Waals surface area contributed by atoms with E-state index in [-0.39, 0.29) is 0 Å². The van der Waals surface area contributed by atoms with Gasteiger partial charge in [0.25, 0.3) is 0 Å². The first-order valence-electron chi connectivity index (χ1n) is 8.09. The van der Waals surface area contributed by atoms with Crippen molar-refractivity contribution in [1.82, 2.24) is 0 Å². The van der Waals surface area contributed by atoms with E-state index in [1.165, 1.54) is 50.3 Å². The van der Waals surface area contributed by atoms with E-state index in [0.29, 0.717) is 10.8 Å². The van der Waals surface area contributed by atoms with Gasteiger partial charge in [-0.25, -0.2) is 0 Å². The van der Waals surface area contributed by atoms with Gasteiger partial charge in [0, 0.05) is 18.5 Å². The fourth-order valence-corrected chi connectivity index (χ4v) is 4.84. The molecule has 1 heterocycles. The van der Waals surface area contributed by atoms with Gasteiger partial charge < -0.3 is 4.74 Å². The van der Waals surface area contributed by atoms with Gasteiger partial charge in [-0.05, 0) is 67.6 Å². The van der Waals surface area contributed by atoms with E-state index in [9.17, 15) is 0 Å². The zero-order valence-electron chi connectivity index (χ0n) is 13.0. The molecule has 1 saturated carbocycles. The van der Waals surface area contributed by atoms with Crippen LogP contribution in [0.4, 0.5) is 0 Å². The van der Waals surface area contributed by atoms with E-state index in [2.05, 4.69) is 36.7 Å². The second-order valence-electron chi connectivity index (χ2n) is 8.03. The molecule has 19 heavy (non-hydrogen) atoms. The Balaban J connectivity index is 1.90. The summed E-state index contributed by atoms with van der Waals surface area (Å²) in [7, 11) is 0. The summed E-state index contributed by atoms with van der Waals surface area (Å²) < 4.78 is 5.51. The minimum absolute atomic E-state index is 0.497. The maximum atomic E-state index is 5.51. The predicted octanol–water partition coefficient (Wildman–Crippen LogP) is 5.42. The molecule has 2 aliphatic rings. The Labute approximate surface area is 128 Å². The lowest BCUT2D eigenvalue weighted by molar-refractivity contribution is 0.0313. The lowest BCUT2D eigenvalue weighted by atomic mass is 9.62. The maximum absolute atomic E-state index is 5.51. The zero-order chi connectivity index (χ0) is 13.9. The van der Waals surface area contributed by atoms with Crippen molar-refractivity contribution in [3.8, 4) is 0 Å². The molecule has 1 saturated heterocycles. The fourth-order valence-electron chi connectivity index (χ4n) is 4.05. The molecule has 0 aromatic carbocycles. The highest BCUT2D eigenvalue weighted by molar-refractivity contribution is 9.09. The van der Waals surface area contributed by atoms with Crippen LogP contribution in [0.5, 0.6) is 0 Å². The van der Waals surface area contributed by atoms with Gasteiger partial charge in [0.15, 0.2) is 0 Å². The molecule has 112 valence electrons. The van der Waals surface area contributed by atoms with Crippen LogP contribution in [0.25, 0.3) is 0 Å². The highest BCUT2D eigenvalue weighted by Crippen LogP contribution is 2.49. The molecule has 1 aliphatic carbocycles. The molecular weight excluding hydrogens is 300 g/mol. The topological polar surface area (TPSA) is 9.23 Å². The molecule has 2 heteroatoms. The van der Waals surface area contributed by atoms with Gasteiger partial charge in [0.05, 0.1) is 0 Å². The molecule has 0 atom stereocenters. The third-order valence-electron chi connectivity index (χ3n) is 5.62. The normalized spacial score (nSPS) is 34.4. The van der Waals surface area contributed by atoms with E-state index in [1.807, 2.05) is 0 Å². The molecule has 0 aromatic heterocycles. The smallest absolute Gasteiger partial charge is 0.0468 e. The Kier molecular flexibility index (Phi) is 5.39. The number of alkyl halides is 1. The van der Waals surface area contributed by atoms with Crippen molar-refractivity contribution < 1.29 is 4.74 Å². The summed E-state index contributed by atoms with van der Waals surface area (Å²) in [6, 6.07) is 0. The van der Waals surface area contributed by atoms with Gasteiger partial charge in [-0.1, -0.05) is 36.7 Å². The van der Waals surface area contributed by atoms with Gasteiger partial charge in [-0.2, -0.15) is 0 Å². The van der Waals surface area contributed by atoms with Crippen LogP contribution >= 0.6 is 15.9 Å².